The summed E-state index contributed by atoms with van der Waals surface area (Å²) in [6.07, 6.45) is 14.4. The quantitative estimate of drug-likeness (QED) is 0.330. The Labute approximate surface area is 115 Å². The van der Waals surface area contributed by atoms with Gasteiger partial charge in [0.15, 0.2) is 0 Å². The standard InChI is InChI=1S/C16H20O3/c1-3-12-15(17)13-10-8-6-4-5-7-9-11-14-16(18)19-2/h1,6,8,10,13,15,17H,7,9,11-12,14H2,2H3/b8-6+,13-10+/t15-/m1/s1. The van der Waals surface area contributed by atoms with E-state index in [0.29, 0.717) is 12.8 Å². The molecule has 0 spiro atoms. The molecule has 0 fully saturated rings. The van der Waals surface area contributed by atoms with Gasteiger partial charge in [-0.25, -0.2) is 0 Å². The van der Waals surface area contributed by atoms with Crippen LogP contribution < -0.4 is 0 Å². The first kappa shape index (κ1) is 17.0. The number of aliphatic hydroxyl groups excluding tert-OH is 1. The normalized spacial score (nSPS) is 11.8. The summed E-state index contributed by atoms with van der Waals surface area (Å²) in [7, 11) is 1.39. The summed E-state index contributed by atoms with van der Waals surface area (Å²) >= 11 is 0. The van der Waals surface area contributed by atoms with Crippen molar-refractivity contribution in [1.29, 1.82) is 0 Å². The lowest BCUT2D eigenvalue weighted by Gasteiger charge is -1.95. The molecule has 0 heterocycles. The number of terminal acetylenes is 1. The van der Waals surface area contributed by atoms with Crippen molar-refractivity contribution in [1.82, 2.24) is 0 Å². The summed E-state index contributed by atoms with van der Waals surface area (Å²) < 4.78 is 4.53. The lowest BCUT2D eigenvalue weighted by molar-refractivity contribution is -0.140. The zero-order valence-electron chi connectivity index (χ0n) is 11.3. The molecule has 0 saturated carbocycles. The molecule has 0 bridgehead atoms. The summed E-state index contributed by atoms with van der Waals surface area (Å²) in [5.74, 6) is 8.04. The number of rotatable bonds is 7. The maximum Gasteiger partial charge on any atom is 0.305 e. The van der Waals surface area contributed by atoms with E-state index in [9.17, 15) is 9.90 Å². The van der Waals surface area contributed by atoms with Crippen LogP contribution in [0, 0.1) is 24.2 Å². The molecule has 0 saturated heterocycles. The van der Waals surface area contributed by atoms with E-state index in [1.165, 1.54) is 7.11 Å². The fraction of sp³-hybridized carbons (Fsp3) is 0.438. The number of methoxy groups -OCH3 is 1. The number of ether oxygens (including phenoxy) is 1. The first-order valence-electron chi connectivity index (χ1n) is 6.20. The Bertz CT molecular complexity index is 402. The van der Waals surface area contributed by atoms with Crippen molar-refractivity contribution in [3.63, 3.8) is 0 Å². The highest BCUT2D eigenvalue weighted by atomic mass is 16.5. The first-order valence-corrected chi connectivity index (χ1v) is 6.20. The van der Waals surface area contributed by atoms with Crippen LogP contribution in [0.1, 0.15) is 32.1 Å². The third-order valence-electron chi connectivity index (χ3n) is 2.21. The maximum atomic E-state index is 10.8. The minimum Gasteiger partial charge on any atom is -0.469 e. The van der Waals surface area contributed by atoms with Gasteiger partial charge >= 0.3 is 5.97 Å². The molecule has 0 unspecified atom stereocenters. The molecule has 0 aromatic heterocycles. The second kappa shape index (κ2) is 12.5. The average molecular weight is 260 g/mol. The monoisotopic (exact) mass is 260 g/mol. The van der Waals surface area contributed by atoms with E-state index in [1.807, 2.05) is 0 Å². The number of unbranched alkanes of at least 4 members (excludes halogenated alkanes) is 2. The zero-order valence-corrected chi connectivity index (χ0v) is 11.3. The molecule has 0 aromatic carbocycles. The van der Waals surface area contributed by atoms with E-state index < -0.39 is 6.10 Å². The van der Waals surface area contributed by atoms with Crippen molar-refractivity contribution in [3.8, 4) is 24.2 Å². The molecular formula is C16H20O3. The number of aliphatic hydroxyl groups is 1. The van der Waals surface area contributed by atoms with Crippen molar-refractivity contribution >= 4 is 5.97 Å². The lowest BCUT2D eigenvalue weighted by atomic mass is 10.2. The molecular weight excluding hydrogens is 240 g/mol. The predicted octanol–water partition coefficient (Wildman–Crippen LogP) is 2.22. The van der Waals surface area contributed by atoms with Crippen molar-refractivity contribution in [2.45, 2.75) is 38.2 Å². The fourth-order valence-corrected chi connectivity index (χ4v) is 1.20. The minimum absolute atomic E-state index is 0.177. The van der Waals surface area contributed by atoms with Gasteiger partial charge in [-0.3, -0.25) is 4.79 Å². The maximum absolute atomic E-state index is 10.8. The molecule has 0 amide bonds. The molecule has 1 N–H and O–H groups in total. The summed E-state index contributed by atoms with van der Waals surface area (Å²) in [6.45, 7) is 0. The summed E-state index contributed by atoms with van der Waals surface area (Å²) in [4.78, 5) is 10.8. The molecule has 0 rings (SSSR count). The van der Waals surface area contributed by atoms with Crippen LogP contribution in [0.5, 0.6) is 0 Å². The third-order valence-corrected chi connectivity index (χ3v) is 2.21. The van der Waals surface area contributed by atoms with Gasteiger partial charge in [0.25, 0.3) is 0 Å². The molecule has 0 aliphatic rings. The van der Waals surface area contributed by atoms with Gasteiger partial charge in [0.05, 0.1) is 13.2 Å². The molecule has 0 aliphatic heterocycles. The predicted molar refractivity (Wildman–Crippen MR) is 76.0 cm³/mol. The third kappa shape index (κ3) is 12.3. The van der Waals surface area contributed by atoms with Crippen LogP contribution in [-0.2, 0) is 9.53 Å². The Balaban J connectivity index is 3.64. The van der Waals surface area contributed by atoms with E-state index in [2.05, 4.69) is 22.5 Å². The van der Waals surface area contributed by atoms with Gasteiger partial charge in [-0.1, -0.05) is 30.1 Å². The van der Waals surface area contributed by atoms with Crippen LogP contribution in [0.4, 0.5) is 0 Å². The first-order chi connectivity index (χ1) is 9.20. The van der Waals surface area contributed by atoms with Crippen molar-refractivity contribution < 1.29 is 14.6 Å². The smallest absolute Gasteiger partial charge is 0.305 e. The second-order valence-electron chi connectivity index (χ2n) is 3.82. The van der Waals surface area contributed by atoms with Crippen LogP contribution in [0.15, 0.2) is 24.3 Å². The van der Waals surface area contributed by atoms with E-state index in [-0.39, 0.29) is 5.97 Å². The Morgan fingerprint density at radius 2 is 2.21 bits per heavy atom. The lowest BCUT2D eigenvalue weighted by Crippen LogP contribution is -1.98. The molecule has 3 nitrogen and oxygen atoms in total. The molecule has 102 valence electrons. The summed E-state index contributed by atoms with van der Waals surface area (Å²) in [5.41, 5.74) is 0. The fourth-order valence-electron chi connectivity index (χ4n) is 1.20. The molecule has 0 radical (unpaired) electrons. The van der Waals surface area contributed by atoms with Crippen LogP contribution in [0.3, 0.4) is 0 Å². The highest BCUT2D eigenvalue weighted by Crippen LogP contribution is 1.99. The van der Waals surface area contributed by atoms with Gasteiger partial charge < -0.3 is 9.84 Å². The van der Waals surface area contributed by atoms with Crippen LogP contribution in [0.2, 0.25) is 0 Å². The Morgan fingerprint density at radius 3 is 2.89 bits per heavy atom. The summed E-state index contributed by atoms with van der Waals surface area (Å²) in [6, 6.07) is 0. The van der Waals surface area contributed by atoms with Gasteiger partial charge in [-0.2, -0.15) is 0 Å². The highest BCUT2D eigenvalue weighted by Gasteiger charge is 1.97. The Kier molecular flexibility index (Phi) is 11.2. The van der Waals surface area contributed by atoms with Gasteiger partial charge in [0, 0.05) is 19.3 Å². The molecule has 0 aromatic rings. The number of allylic oxidation sites excluding steroid dienone is 3. The number of esters is 1. The van der Waals surface area contributed by atoms with Crippen molar-refractivity contribution in [2.24, 2.45) is 0 Å². The molecule has 3 heteroatoms. The van der Waals surface area contributed by atoms with Gasteiger partial charge in [-0.15, -0.1) is 12.3 Å². The minimum atomic E-state index is -0.596. The number of hydrogen-bond donors (Lipinski definition) is 1. The molecule has 1 atom stereocenters. The van der Waals surface area contributed by atoms with Crippen LogP contribution in [0.25, 0.3) is 0 Å². The molecule has 19 heavy (non-hydrogen) atoms. The van der Waals surface area contributed by atoms with Crippen molar-refractivity contribution in [2.75, 3.05) is 7.11 Å². The van der Waals surface area contributed by atoms with E-state index in [0.717, 1.165) is 19.3 Å². The Hall–Kier alpha value is -1.97. The number of hydrogen-bond acceptors (Lipinski definition) is 3. The largest absolute Gasteiger partial charge is 0.469 e. The average Bonchev–Trinajstić information content (AvgIpc) is 2.40. The van der Waals surface area contributed by atoms with Crippen LogP contribution in [-0.4, -0.2) is 24.3 Å². The zero-order chi connectivity index (χ0) is 14.3. The highest BCUT2D eigenvalue weighted by molar-refractivity contribution is 5.68. The van der Waals surface area contributed by atoms with Gasteiger partial charge in [0.2, 0.25) is 0 Å². The Morgan fingerprint density at radius 1 is 1.42 bits per heavy atom. The van der Waals surface area contributed by atoms with E-state index in [1.54, 1.807) is 24.3 Å². The van der Waals surface area contributed by atoms with E-state index >= 15 is 0 Å². The second-order valence-corrected chi connectivity index (χ2v) is 3.82. The van der Waals surface area contributed by atoms with Crippen molar-refractivity contribution in [3.05, 3.63) is 24.3 Å². The topological polar surface area (TPSA) is 46.5 Å². The number of carbonyl (C=O) groups excluding carboxylic acids is 1. The number of carbonyl (C=O) groups is 1. The van der Waals surface area contributed by atoms with E-state index in [4.69, 9.17) is 6.42 Å². The van der Waals surface area contributed by atoms with Gasteiger partial charge in [-0.05, 0) is 18.9 Å². The SMILES string of the molecule is C#CC[C@@H](O)/C=C/C=C/C#CCCCCC(=O)OC. The summed E-state index contributed by atoms with van der Waals surface area (Å²) in [5, 5.41) is 9.28. The molecule has 0 aliphatic carbocycles. The van der Waals surface area contributed by atoms with Gasteiger partial charge in [0.1, 0.15) is 0 Å². The van der Waals surface area contributed by atoms with Crippen LogP contribution >= 0.6 is 0 Å².